The number of amides is 2. The summed E-state index contributed by atoms with van der Waals surface area (Å²) in [6.07, 6.45) is 1.80. The predicted octanol–water partition coefficient (Wildman–Crippen LogP) is 3.29. The van der Waals surface area contributed by atoms with Crippen LogP contribution in [0.1, 0.15) is 30.1 Å². The molecule has 0 radical (unpaired) electrons. The van der Waals surface area contributed by atoms with Crippen molar-refractivity contribution < 1.29 is 14.3 Å². The maximum absolute atomic E-state index is 12.2. The zero-order valence-electron chi connectivity index (χ0n) is 19.0. The summed E-state index contributed by atoms with van der Waals surface area (Å²) in [5.74, 6) is 6.21. The summed E-state index contributed by atoms with van der Waals surface area (Å²) >= 11 is 0. The summed E-state index contributed by atoms with van der Waals surface area (Å²) in [6, 6.07) is 16.7. The molecule has 2 heterocycles. The molecule has 0 bridgehead atoms. The standard InChI is InChI=1S/C26H27N5O3/c1-2-7-22(32)30-15-6-8-18(16-30)17-31-25(27)23(26(28)33)24(29-31)19-11-13-21(14-12-19)34-20-9-4-3-5-10-20/h3-5,9-14,18H,6,8,15-17,27H2,1H3,(H2,28,33). The second-order valence-electron chi connectivity index (χ2n) is 8.23. The van der Waals surface area contributed by atoms with Crippen molar-refractivity contribution >= 4 is 17.6 Å². The van der Waals surface area contributed by atoms with Crippen LogP contribution in [0.25, 0.3) is 11.3 Å². The van der Waals surface area contributed by atoms with E-state index in [1.165, 1.54) is 0 Å². The molecular weight excluding hydrogens is 430 g/mol. The summed E-state index contributed by atoms with van der Waals surface area (Å²) in [4.78, 5) is 26.2. The third-order valence-corrected chi connectivity index (χ3v) is 5.81. The van der Waals surface area contributed by atoms with Gasteiger partial charge in [0.1, 0.15) is 28.6 Å². The molecule has 1 unspecified atom stereocenters. The molecule has 2 aromatic carbocycles. The zero-order chi connectivity index (χ0) is 24.1. The largest absolute Gasteiger partial charge is 0.457 e. The fourth-order valence-corrected chi connectivity index (χ4v) is 4.19. The molecule has 8 heteroatoms. The van der Waals surface area contributed by atoms with Crippen molar-refractivity contribution in [2.75, 3.05) is 18.8 Å². The summed E-state index contributed by atoms with van der Waals surface area (Å²) in [7, 11) is 0. The first-order valence-corrected chi connectivity index (χ1v) is 11.2. The van der Waals surface area contributed by atoms with Crippen LogP contribution in [0.4, 0.5) is 5.82 Å². The summed E-state index contributed by atoms with van der Waals surface area (Å²) < 4.78 is 7.46. The van der Waals surface area contributed by atoms with Crippen LogP contribution in [0, 0.1) is 17.8 Å². The van der Waals surface area contributed by atoms with E-state index in [4.69, 9.17) is 16.2 Å². The Morgan fingerprint density at radius 2 is 1.82 bits per heavy atom. The number of anilines is 1. The van der Waals surface area contributed by atoms with Crippen LogP contribution in [0.2, 0.25) is 0 Å². The molecule has 0 saturated carbocycles. The Balaban J connectivity index is 1.55. The molecule has 0 aliphatic carbocycles. The second-order valence-corrected chi connectivity index (χ2v) is 8.23. The van der Waals surface area contributed by atoms with Crippen LogP contribution in [0.15, 0.2) is 54.6 Å². The minimum Gasteiger partial charge on any atom is -0.457 e. The molecule has 1 aliphatic rings. The third-order valence-electron chi connectivity index (χ3n) is 5.81. The minimum absolute atomic E-state index is 0.147. The Kier molecular flexibility index (Phi) is 6.83. The molecule has 3 aromatic rings. The Bertz CT molecular complexity index is 1240. The fourth-order valence-electron chi connectivity index (χ4n) is 4.19. The number of piperidine rings is 1. The highest BCUT2D eigenvalue weighted by Gasteiger charge is 2.27. The molecule has 8 nitrogen and oxygen atoms in total. The number of ether oxygens (including phenoxy) is 1. The Morgan fingerprint density at radius 1 is 1.12 bits per heavy atom. The maximum Gasteiger partial charge on any atom is 0.298 e. The number of hydrogen-bond donors (Lipinski definition) is 2. The van der Waals surface area contributed by atoms with Crippen LogP contribution in [0.5, 0.6) is 11.5 Å². The lowest BCUT2D eigenvalue weighted by Gasteiger charge is -2.31. The number of nitrogen functional groups attached to an aromatic ring is 1. The van der Waals surface area contributed by atoms with Gasteiger partial charge in [0, 0.05) is 25.2 Å². The van der Waals surface area contributed by atoms with E-state index < -0.39 is 5.91 Å². The van der Waals surface area contributed by atoms with E-state index in [0.29, 0.717) is 36.6 Å². The first-order valence-electron chi connectivity index (χ1n) is 11.2. The highest BCUT2D eigenvalue weighted by Crippen LogP contribution is 2.31. The number of aromatic nitrogens is 2. The average molecular weight is 458 g/mol. The fraction of sp³-hybridized carbons (Fsp3) is 0.269. The molecule has 1 aromatic heterocycles. The van der Waals surface area contributed by atoms with Gasteiger partial charge in [0.05, 0.1) is 0 Å². The van der Waals surface area contributed by atoms with Gasteiger partial charge in [-0.05, 0) is 68.0 Å². The summed E-state index contributed by atoms with van der Waals surface area (Å²) in [5, 5.41) is 4.63. The van der Waals surface area contributed by atoms with E-state index in [9.17, 15) is 9.59 Å². The molecule has 1 saturated heterocycles. The van der Waals surface area contributed by atoms with E-state index in [-0.39, 0.29) is 23.2 Å². The van der Waals surface area contributed by atoms with Crippen LogP contribution in [-0.4, -0.2) is 39.6 Å². The highest BCUT2D eigenvalue weighted by molar-refractivity contribution is 6.03. The van der Waals surface area contributed by atoms with Gasteiger partial charge in [0.25, 0.3) is 11.8 Å². The number of hydrogen-bond acceptors (Lipinski definition) is 5. The monoisotopic (exact) mass is 457 g/mol. The van der Waals surface area contributed by atoms with Gasteiger partial charge in [-0.1, -0.05) is 24.1 Å². The maximum atomic E-state index is 12.2. The van der Waals surface area contributed by atoms with Gasteiger partial charge in [0.15, 0.2) is 0 Å². The van der Waals surface area contributed by atoms with Gasteiger partial charge in [-0.15, -0.1) is 0 Å². The Labute approximate surface area is 198 Å². The molecule has 1 aliphatic heterocycles. The SMILES string of the molecule is CC#CC(=O)N1CCCC(Cn2nc(-c3ccc(Oc4ccccc4)cc3)c(C(N)=O)c2N)C1. The lowest BCUT2D eigenvalue weighted by atomic mass is 9.98. The van der Waals surface area contributed by atoms with Gasteiger partial charge in [0.2, 0.25) is 0 Å². The topological polar surface area (TPSA) is 116 Å². The number of likely N-dealkylation sites (tertiary alicyclic amines) is 1. The molecule has 174 valence electrons. The molecule has 4 N–H and O–H groups in total. The van der Waals surface area contributed by atoms with Crippen molar-refractivity contribution in [3.05, 3.63) is 60.2 Å². The lowest BCUT2D eigenvalue weighted by molar-refractivity contribution is -0.126. The van der Waals surface area contributed by atoms with E-state index in [1.54, 1.807) is 16.5 Å². The van der Waals surface area contributed by atoms with Gasteiger partial charge < -0.3 is 21.1 Å². The quantitative estimate of drug-likeness (QED) is 0.551. The number of benzene rings is 2. The molecule has 34 heavy (non-hydrogen) atoms. The van der Waals surface area contributed by atoms with Crippen LogP contribution >= 0.6 is 0 Å². The number of carbonyl (C=O) groups excluding carboxylic acids is 2. The first kappa shape index (κ1) is 22.9. The number of primary amides is 1. The van der Waals surface area contributed by atoms with Gasteiger partial charge in [-0.25, -0.2) is 4.68 Å². The van der Waals surface area contributed by atoms with Crippen molar-refractivity contribution in [2.24, 2.45) is 11.7 Å². The predicted molar refractivity (Wildman–Crippen MR) is 130 cm³/mol. The average Bonchev–Trinajstić information content (AvgIpc) is 3.16. The van der Waals surface area contributed by atoms with E-state index >= 15 is 0 Å². The van der Waals surface area contributed by atoms with E-state index in [2.05, 4.69) is 16.9 Å². The number of carbonyl (C=O) groups is 2. The molecule has 2 amide bonds. The van der Waals surface area contributed by atoms with Crippen LogP contribution in [-0.2, 0) is 11.3 Å². The van der Waals surface area contributed by atoms with E-state index in [1.807, 2.05) is 54.6 Å². The van der Waals surface area contributed by atoms with Crippen LogP contribution in [0.3, 0.4) is 0 Å². The number of nitrogens with zero attached hydrogens (tertiary/aromatic N) is 3. The van der Waals surface area contributed by atoms with Crippen molar-refractivity contribution in [1.29, 1.82) is 0 Å². The number of para-hydroxylation sites is 1. The van der Waals surface area contributed by atoms with Gasteiger partial charge >= 0.3 is 0 Å². The second kappa shape index (κ2) is 10.1. The minimum atomic E-state index is -0.637. The zero-order valence-corrected chi connectivity index (χ0v) is 19.0. The normalized spacial score (nSPS) is 15.3. The number of nitrogens with two attached hydrogens (primary N) is 2. The highest BCUT2D eigenvalue weighted by atomic mass is 16.5. The third kappa shape index (κ3) is 5.04. The lowest BCUT2D eigenvalue weighted by Crippen LogP contribution is -2.40. The van der Waals surface area contributed by atoms with Crippen molar-refractivity contribution in [3.8, 4) is 34.6 Å². The number of rotatable bonds is 6. The van der Waals surface area contributed by atoms with Crippen molar-refractivity contribution in [1.82, 2.24) is 14.7 Å². The van der Waals surface area contributed by atoms with Crippen molar-refractivity contribution in [2.45, 2.75) is 26.3 Å². The Morgan fingerprint density at radius 3 is 2.50 bits per heavy atom. The Hall–Kier alpha value is -4.25. The molecule has 1 atom stereocenters. The van der Waals surface area contributed by atoms with Gasteiger partial charge in [-0.2, -0.15) is 5.10 Å². The molecular formula is C26H27N5O3. The first-order chi connectivity index (χ1) is 16.5. The molecule has 1 fully saturated rings. The molecule has 0 spiro atoms. The van der Waals surface area contributed by atoms with Crippen LogP contribution < -0.4 is 16.2 Å². The van der Waals surface area contributed by atoms with Gasteiger partial charge in [-0.3, -0.25) is 9.59 Å². The summed E-state index contributed by atoms with van der Waals surface area (Å²) in [5.41, 5.74) is 13.3. The smallest absolute Gasteiger partial charge is 0.298 e. The summed E-state index contributed by atoms with van der Waals surface area (Å²) in [6.45, 7) is 3.38. The molecule has 4 rings (SSSR count). The van der Waals surface area contributed by atoms with E-state index in [0.717, 1.165) is 18.6 Å². The van der Waals surface area contributed by atoms with Crippen molar-refractivity contribution in [3.63, 3.8) is 0 Å².